The van der Waals surface area contributed by atoms with Crippen LogP contribution in [0.3, 0.4) is 0 Å². The number of rotatable bonds is 6. The van der Waals surface area contributed by atoms with Crippen molar-refractivity contribution in [3.05, 3.63) is 29.8 Å². The van der Waals surface area contributed by atoms with E-state index in [2.05, 4.69) is 42.8 Å². The molecule has 2 N–H and O–H groups in total. The predicted molar refractivity (Wildman–Crippen MR) is 100 cm³/mol. The molecule has 1 aliphatic heterocycles. The molecule has 0 aromatic heterocycles. The Kier molecular flexibility index (Phi) is 6.91. The van der Waals surface area contributed by atoms with E-state index in [0.29, 0.717) is 17.9 Å². The molecule has 0 spiro atoms. The molecule has 5 nitrogen and oxygen atoms in total. The summed E-state index contributed by atoms with van der Waals surface area (Å²) >= 11 is 0. The van der Waals surface area contributed by atoms with Crippen molar-refractivity contribution in [2.45, 2.75) is 32.7 Å². The van der Waals surface area contributed by atoms with E-state index in [1.165, 1.54) is 18.4 Å². The Bertz CT molecular complexity index is 525. The Labute approximate surface area is 146 Å². The second-order valence-corrected chi connectivity index (χ2v) is 6.47. The molecule has 134 valence electrons. The second-order valence-electron chi connectivity index (χ2n) is 6.47. The molecule has 24 heavy (non-hydrogen) atoms. The fourth-order valence-electron chi connectivity index (χ4n) is 3.64. The number of hydrogen-bond donors (Lipinski definition) is 1. The van der Waals surface area contributed by atoms with E-state index in [0.717, 1.165) is 31.9 Å². The van der Waals surface area contributed by atoms with Gasteiger partial charge in [-0.1, -0.05) is 12.1 Å². The van der Waals surface area contributed by atoms with Gasteiger partial charge in [0.05, 0.1) is 7.11 Å². The third-order valence-corrected chi connectivity index (χ3v) is 5.04. The van der Waals surface area contributed by atoms with Crippen LogP contribution in [0.5, 0.6) is 5.75 Å². The lowest BCUT2D eigenvalue weighted by atomic mass is 9.85. The molecule has 1 aromatic carbocycles. The standard InChI is InChI=1S/C19H32N4O/c1-5-23(6-2)19(20)21-14-16-8-7-13-22(3)18(16)15-9-11-17(24-4)12-10-15/h9-12,16,18H,5-8,13-14H2,1-4H3,(H2,20,21)/t16-,18-/m1/s1. The molecular weight excluding hydrogens is 300 g/mol. The number of ether oxygens (including phenoxy) is 1. The largest absolute Gasteiger partial charge is 0.497 e. The zero-order chi connectivity index (χ0) is 17.5. The minimum absolute atomic E-state index is 0.387. The minimum Gasteiger partial charge on any atom is -0.497 e. The molecule has 1 saturated heterocycles. The van der Waals surface area contributed by atoms with E-state index < -0.39 is 0 Å². The molecule has 0 radical (unpaired) electrons. The van der Waals surface area contributed by atoms with Crippen molar-refractivity contribution in [1.82, 2.24) is 9.80 Å². The number of piperidine rings is 1. The summed E-state index contributed by atoms with van der Waals surface area (Å²) in [5.41, 5.74) is 7.49. The number of nitrogens with zero attached hydrogens (tertiary/aromatic N) is 3. The first kappa shape index (κ1) is 18.6. The highest BCUT2D eigenvalue weighted by molar-refractivity contribution is 5.78. The zero-order valence-corrected chi connectivity index (χ0v) is 15.5. The number of hydrogen-bond acceptors (Lipinski definition) is 3. The molecular formula is C19H32N4O. The van der Waals surface area contributed by atoms with Gasteiger partial charge in [0.15, 0.2) is 5.96 Å². The van der Waals surface area contributed by atoms with Crippen LogP contribution < -0.4 is 10.5 Å². The minimum atomic E-state index is 0.387. The number of aliphatic imine (C=N–C) groups is 1. The first-order valence-corrected chi connectivity index (χ1v) is 8.99. The Hall–Kier alpha value is -1.75. The maximum atomic E-state index is 6.16. The van der Waals surface area contributed by atoms with Crippen LogP contribution in [0.4, 0.5) is 0 Å². The lowest BCUT2D eigenvalue weighted by molar-refractivity contribution is 0.125. The summed E-state index contributed by atoms with van der Waals surface area (Å²) in [5, 5.41) is 0. The number of nitrogens with two attached hydrogens (primary N) is 1. The van der Waals surface area contributed by atoms with E-state index in [-0.39, 0.29) is 0 Å². The summed E-state index contributed by atoms with van der Waals surface area (Å²) in [6.45, 7) is 7.93. The van der Waals surface area contributed by atoms with Gasteiger partial charge in [-0.05, 0) is 63.9 Å². The lowest BCUT2D eigenvalue weighted by Gasteiger charge is -2.39. The van der Waals surface area contributed by atoms with Gasteiger partial charge < -0.3 is 15.4 Å². The summed E-state index contributed by atoms with van der Waals surface area (Å²) in [5.74, 6) is 2.06. The average molecular weight is 332 g/mol. The van der Waals surface area contributed by atoms with Gasteiger partial charge in [-0.2, -0.15) is 0 Å². The number of guanidine groups is 1. The van der Waals surface area contributed by atoms with Crippen LogP contribution in [0.15, 0.2) is 29.3 Å². The fraction of sp³-hybridized carbons (Fsp3) is 0.632. The molecule has 1 aromatic rings. The zero-order valence-electron chi connectivity index (χ0n) is 15.5. The third-order valence-electron chi connectivity index (χ3n) is 5.04. The quantitative estimate of drug-likeness (QED) is 0.643. The molecule has 0 amide bonds. The van der Waals surface area contributed by atoms with Gasteiger partial charge in [0.2, 0.25) is 0 Å². The van der Waals surface area contributed by atoms with E-state index in [1.54, 1.807) is 7.11 Å². The molecule has 0 aliphatic carbocycles. The van der Waals surface area contributed by atoms with Gasteiger partial charge in [0.1, 0.15) is 5.75 Å². The number of benzene rings is 1. The van der Waals surface area contributed by atoms with Crippen molar-refractivity contribution in [3.8, 4) is 5.75 Å². The summed E-state index contributed by atoms with van der Waals surface area (Å²) in [7, 11) is 3.91. The van der Waals surface area contributed by atoms with E-state index in [9.17, 15) is 0 Å². The summed E-state index contributed by atoms with van der Waals surface area (Å²) < 4.78 is 5.28. The highest BCUT2D eigenvalue weighted by atomic mass is 16.5. The highest BCUT2D eigenvalue weighted by Gasteiger charge is 2.30. The maximum absolute atomic E-state index is 6.16. The van der Waals surface area contributed by atoms with Crippen LogP contribution in [0, 0.1) is 5.92 Å². The average Bonchev–Trinajstić information content (AvgIpc) is 2.61. The van der Waals surface area contributed by atoms with Gasteiger partial charge >= 0.3 is 0 Å². The highest BCUT2D eigenvalue weighted by Crippen LogP contribution is 2.35. The van der Waals surface area contributed by atoms with Gasteiger partial charge in [-0.15, -0.1) is 0 Å². The van der Waals surface area contributed by atoms with Crippen molar-refractivity contribution >= 4 is 5.96 Å². The van der Waals surface area contributed by atoms with Crippen molar-refractivity contribution < 1.29 is 4.74 Å². The predicted octanol–water partition coefficient (Wildman–Crippen LogP) is 2.73. The van der Waals surface area contributed by atoms with Gasteiger partial charge in [-0.25, -0.2) is 0 Å². The number of methoxy groups -OCH3 is 1. The topological polar surface area (TPSA) is 54.1 Å². The monoisotopic (exact) mass is 332 g/mol. The van der Waals surface area contributed by atoms with Crippen molar-refractivity contribution in [2.24, 2.45) is 16.6 Å². The first-order valence-electron chi connectivity index (χ1n) is 8.99. The molecule has 1 heterocycles. The molecule has 0 bridgehead atoms. The second kappa shape index (κ2) is 8.92. The van der Waals surface area contributed by atoms with Crippen LogP contribution in [0.25, 0.3) is 0 Å². The van der Waals surface area contributed by atoms with Crippen LogP contribution in [-0.4, -0.2) is 56.1 Å². The first-order chi connectivity index (χ1) is 11.6. The maximum Gasteiger partial charge on any atom is 0.191 e. The molecule has 0 unspecified atom stereocenters. The van der Waals surface area contributed by atoms with Crippen LogP contribution in [0.2, 0.25) is 0 Å². The van der Waals surface area contributed by atoms with Crippen molar-refractivity contribution in [1.29, 1.82) is 0 Å². The Morgan fingerprint density at radius 3 is 2.54 bits per heavy atom. The van der Waals surface area contributed by atoms with Crippen LogP contribution in [-0.2, 0) is 0 Å². The Morgan fingerprint density at radius 2 is 1.96 bits per heavy atom. The molecule has 1 fully saturated rings. The third kappa shape index (κ3) is 4.41. The van der Waals surface area contributed by atoms with Gasteiger partial charge in [0, 0.05) is 25.7 Å². The molecule has 5 heteroatoms. The van der Waals surface area contributed by atoms with Gasteiger partial charge in [0.25, 0.3) is 0 Å². The van der Waals surface area contributed by atoms with Crippen molar-refractivity contribution in [2.75, 3.05) is 40.3 Å². The Morgan fingerprint density at radius 1 is 1.29 bits per heavy atom. The molecule has 1 aliphatic rings. The Balaban J connectivity index is 2.14. The number of likely N-dealkylation sites (tertiary alicyclic amines) is 1. The van der Waals surface area contributed by atoms with E-state index >= 15 is 0 Å². The van der Waals surface area contributed by atoms with Crippen LogP contribution in [0.1, 0.15) is 38.3 Å². The van der Waals surface area contributed by atoms with E-state index in [1.807, 2.05) is 12.1 Å². The molecule has 0 saturated carbocycles. The summed E-state index contributed by atoms with van der Waals surface area (Å²) in [4.78, 5) is 9.25. The van der Waals surface area contributed by atoms with Gasteiger partial charge in [-0.3, -0.25) is 9.89 Å². The summed E-state index contributed by atoms with van der Waals surface area (Å²) in [6, 6.07) is 8.83. The smallest absolute Gasteiger partial charge is 0.191 e. The van der Waals surface area contributed by atoms with E-state index in [4.69, 9.17) is 15.5 Å². The lowest BCUT2D eigenvalue weighted by Crippen LogP contribution is -2.40. The summed E-state index contributed by atoms with van der Waals surface area (Å²) in [6.07, 6.45) is 2.41. The molecule has 2 atom stereocenters. The SMILES string of the molecule is CCN(CC)C(N)=NC[C@H]1CCCN(C)[C@@H]1c1ccc(OC)cc1. The fourth-order valence-corrected chi connectivity index (χ4v) is 3.64. The van der Waals surface area contributed by atoms with Crippen molar-refractivity contribution in [3.63, 3.8) is 0 Å². The van der Waals surface area contributed by atoms with Crippen LogP contribution >= 0.6 is 0 Å². The normalized spacial score (nSPS) is 22.4. The molecule has 2 rings (SSSR count).